The van der Waals surface area contributed by atoms with Crippen LogP contribution in [0.15, 0.2) is 52.3 Å². The average molecular weight is 611 g/mol. The van der Waals surface area contributed by atoms with Crippen LogP contribution in [0, 0.1) is 5.92 Å². The predicted molar refractivity (Wildman–Crippen MR) is 156 cm³/mol. The van der Waals surface area contributed by atoms with E-state index in [1.165, 1.54) is 24.4 Å². The zero-order valence-electron chi connectivity index (χ0n) is 22.2. The maximum Gasteiger partial charge on any atom is 0.255 e. The van der Waals surface area contributed by atoms with Crippen LogP contribution in [0.1, 0.15) is 36.5 Å². The summed E-state index contributed by atoms with van der Waals surface area (Å²) < 4.78 is 31.1. The van der Waals surface area contributed by atoms with Crippen molar-refractivity contribution in [2.24, 2.45) is 5.92 Å². The number of ether oxygens (including phenoxy) is 1. The molecule has 0 bridgehead atoms. The largest absolute Gasteiger partial charge is 0.490 e. The number of aliphatic hydroxyl groups is 1. The zero-order valence-corrected chi connectivity index (χ0v) is 24.5. The number of hydrogen-bond acceptors (Lipinski definition) is 7. The highest BCUT2D eigenvalue weighted by Gasteiger charge is 2.23. The number of benzene rings is 2. The van der Waals surface area contributed by atoms with Crippen molar-refractivity contribution in [2.75, 3.05) is 38.5 Å². The molecule has 1 aliphatic heterocycles. The molecule has 1 atom stereocenters. The van der Waals surface area contributed by atoms with Gasteiger partial charge in [-0.2, -0.15) is 0 Å². The van der Waals surface area contributed by atoms with Gasteiger partial charge in [0.1, 0.15) is 11.9 Å². The van der Waals surface area contributed by atoms with E-state index in [1.54, 1.807) is 12.1 Å². The molecule has 1 aromatic heterocycles. The van der Waals surface area contributed by atoms with E-state index in [4.69, 9.17) is 33.0 Å². The van der Waals surface area contributed by atoms with E-state index in [1.807, 2.05) is 6.07 Å². The Balaban J connectivity index is 1.31. The SMILES string of the molecule is C[C@H](CNC(=O)c1c[nH]c(=O)c2cc(S(=O)(=O)CCCO)ccc12)CN1CCC(Oc2ccc(Cl)c(Cl)c2)CC1. The van der Waals surface area contributed by atoms with Gasteiger partial charge in [-0.05, 0) is 49.4 Å². The Hall–Kier alpha value is -2.63. The van der Waals surface area contributed by atoms with Gasteiger partial charge < -0.3 is 25.0 Å². The lowest BCUT2D eigenvalue weighted by Crippen LogP contribution is -2.42. The van der Waals surface area contributed by atoms with Crippen LogP contribution in [-0.2, 0) is 9.84 Å². The number of likely N-dealkylation sites (tertiary alicyclic amines) is 1. The molecule has 3 N–H and O–H groups in total. The van der Waals surface area contributed by atoms with E-state index in [-0.39, 0.29) is 52.6 Å². The van der Waals surface area contributed by atoms with Crippen molar-refractivity contribution in [2.45, 2.75) is 37.2 Å². The first-order valence-electron chi connectivity index (χ1n) is 13.2. The Morgan fingerprint density at radius 1 is 1.15 bits per heavy atom. The van der Waals surface area contributed by atoms with Crippen LogP contribution >= 0.6 is 23.2 Å². The predicted octanol–water partition coefficient (Wildman–Crippen LogP) is 3.90. The second kappa shape index (κ2) is 13.4. The maximum atomic E-state index is 13.0. The molecule has 1 amide bonds. The first-order chi connectivity index (χ1) is 19.1. The Labute approximate surface area is 243 Å². The van der Waals surface area contributed by atoms with Crippen molar-refractivity contribution < 1.29 is 23.1 Å². The number of amides is 1. The minimum absolute atomic E-state index is 0.0173. The van der Waals surface area contributed by atoms with Crippen molar-refractivity contribution in [3.63, 3.8) is 0 Å². The number of sulfone groups is 1. The van der Waals surface area contributed by atoms with E-state index in [9.17, 15) is 18.0 Å². The summed E-state index contributed by atoms with van der Waals surface area (Å²) in [6.45, 7) is 4.81. The molecule has 0 radical (unpaired) electrons. The van der Waals surface area contributed by atoms with Crippen LogP contribution in [-0.4, -0.2) is 74.0 Å². The third kappa shape index (κ3) is 7.55. The maximum absolute atomic E-state index is 13.0. The van der Waals surface area contributed by atoms with Crippen LogP contribution in [0.25, 0.3) is 10.8 Å². The molecule has 0 aliphatic carbocycles. The smallest absolute Gasteiger partial charge is 0.255 e. The Bertz CT molecular complexity index is 1520. The van der Waals surface area contributed by atoms with Gasteiger partial charge in [0.25, 0.3) is 11.5 Å². The van der Waals surface area contributed by atoms with Crippen molar-refractivity contribution in [3.8, 4) is 5.75 Å². The van der Waals surface area contributed by atoms with E-state index in [2.05, 4.69) is 22.1 Å². The lowest BCUT2D eigenvalue weighted by atomic mass is 10.0. The fraction of sp³-hybridized carbons (Fsp3) is 0.429. The van der Waals surface area contributed by atoms with Crippen molar-refractivity contribution in [3.05, 3.63) is 68.6 Å². The summed E-state index contributed by atoms with van der Waals surface area (Å²) in [5, 5.41) is 13.4. The second-order valence-corrected chi connectivity index (χ2v) is 13.1. The molecule has 1 aliphatic rings. The highest BCUT2D eigenvalue weighted by molar-refractivity contribution is 7.91. The highest BCUT2D eigenvalue weighted by Crippen LogP contribution is 2.28. The fourth-order valence-corrected chi connectivity index (χ4v) is 6.42. The van der Waals surface area contributed by atoms with Crippen molar-refractivity contribution in [1.29, 1.82) is 0 Å². The number of carbonyl (C=O) groups is 1. The number of aromatic amines is 1. The lowest BCUT2D eigenvalue weighted by molar-refractivity contribution is 0.0886. The first-order valence-corrected chi connectivity index (χ1v) is 15.6. The number of nitrogens with one attached hydrogen (secondary N) is 2. The first kappa shape index (κ1) is 30.3. The molecule has 0 spiro atoms. The molecule has 1 fully saturated rings. The number of aromatic nitrogens is 1. The Morgan fingerprint density at radius 3 is 2.60 bits per heavy atom. The third-order valence-electron chi connectivity index (χ3n) is 6.96. The molecule has 9 nitrogen and oxygen atoms in total. The Kier molecular flexibility index (Phi) is 10.1. The van der Waals surface area contributed by atoms with Gasteiger partial charge in [-0.1, -0.05) is 36.2 Å². The number of nitrogens with zero attached hydrogens (tertiary/aromatic N) is 1. The molecule has 0 saturated carbocycles. The molecular weight excluding hydrogens is 577 g/mol. The number of fused-ring (bicyclic) bond motifs is 1. The van der Waals surface area contributed by atoms with Crippen LogP contribution in [0.3, 0.4) is 0 Å². The number of H-pyrrole nitrogens is 1. The van der Waals surface area contributed by atoms with E-state index >= 15 is 0 Å². The molecule has 0 unspecified atom stereocenters. The zero-order chi connectivity index (χ0) is 28.9. The normalized spacial score (nSPS) is 15.7. The van der Waals surface area contributed by atoms with Crippen LogP contribution < -0.4 is 15.6 Å². The Morgan fingerprint density at radius 2 is 1.90 bits per heavy atom. The number of piperidine rings is 1. The van der Waals surface area contributed by atoms with Gasteiger partial charge in [-0.3, -0.25) is 9.59 Å². The topological polar surface area (TPSA) is 129 Å². The molecule has 40 heavy (non-hydrogen) atoms. The van der Waals surface area contributed by atoms with Crippen LogP contribution in [0.5, 0.6) is 5.75 Å². The number of aliphatic hydroxyl groups excluding tert-OH is 1. The van der Waals surface area contributed by atoms with Crippen molar-refractivity contribution >= 4 is 49.7 Å². The van der Waals surface area contributed by atoms with Gasteiger partial charge in [0.15, 0.2) is 9.84 Å². The fourth-order valence-electron chi connectivity index (χ4n) is 4.81. The van der Waals surface area contributed by atoms with Crippen LogP contribution in [0.4, 0.5) is 0 Å². The molecule has 2 heterocycles. The van der Waals surface area contributed by atoms with Crippen LogP contribution in [0.2, 0.25) is 10.0 Å². The molecule has 4 rings (SSSR count). The summed E-state index contributed by atoms with van der Waals surface area (Å²) in [5.74, 6) is 0.303. The van der Waals surface area contributed by atoms with Gasteiger partial charge in [-0.25, -0.2) is 8.42 Å². The lowest BCUT2D eigenvalue weighted by Gasteiger charge is -2.33. The van der Waals surface area contributed by atoms with Gasteiger partial charge in [0, 0.05) is 55.8 Å². The minimum Gasteiger partial charge on any atom is -0.490 e. The van der Waals surface area contributed by atoms with Crippen molar-refractivity contribution in [1.82, 2.24) is 15.2 Å². The number of halogens is 2. The molecule has 12 heteroatoms. The number of rotatable bonds is 11. The number of pyridine rings is 1. The highest BCUT2D eigenvalue weighted by atomic mass is 35.5. The van der Waals surface area contributed by atoms with Gasteiger partial charge in [0.2, 0.25) is 0 Å². The number of hydrogen-bond donors (Lipinski definition) is 3. The summed E-state index contributed by atoms with van der Waals surface area (Å²) >= 11 is 12.1. The van der Waals surface area contributed by atoms with Gasteiger partial charge in [0.05, 0.1) is 26.3 Å². The summed E-state index contributed by atoms with van der Waals surface area (Å²) in [7, 11) is -3.66. The molecular formula is C28H33Cl2N3O6S. The molecule has 2 aromatic carbocycles. The minimum atomic E-state index is -3.66. The van der Waals surface area contributed by atoms with Gasteiger partial charge in [-0.15, -0.1) is 0 Å². The third-order valence-corrected chi connectivity index (χ3v) is 9.50. The standard InChI is InChI=1S/C28H33Cl2N3O6S/c1-18(17-33-9-7-19(8-10-33)39-20-3-6-25(29)26(30)13-20)15-31-28(36)24-16-32-27(35)23-14-21(4-5-22(23)24)40(37,38)12-2-11-34/h3-6,13-14,16,18-19,34H,2,7-12,15,17H2,1H3,(H,31,36)(H,32,35)/t18-/m1/s1. The van der Waals surface area contributed by atoms with E-state index in [0.717, 1.165) is 32.5 Å². The summed E-state index contributed by atoms with van der Waals surface area (Å²) in [5.41, 5.74) is -0.216. The second-order valence-electron chi connectivity index (χ2n) is 10.1. The van der Waals surface area contributed by atoms with E-state index in [0.29, 0.717) is 27.7 Å². The molecule has 216 valence electrons. The van der Waals surface area contributed by atoms with Gasteiger partial charge >= 0.3 is 0 Å². The quantitative estimate of drug-likeness (QED) is 0.301. The summed E-state index contributed by atoms with van der Waals surface area (Å²) in [4.78, 5) is 30.3. The monoisotopic (exact) mass is 609 g/mol. The molecule has 1 saturated heterocycles. The summed E-state index contributed by atoms with van der Waals surface area (Å²) in [6, 6.07) is 9.43. The van der Waals surface area contributed by atoms with E-state index < -0.39 is 15.4 Å². The average Bonchev–Trinajstić information content (AvgIpc) is 2.94. The number of carbonyl (C=O) groups excluding carboxylic acids is 1. The molecule has 3 aromatic rings. The summed E-state index contributed by atoms with van der Waals surface area (Å²) in [6.07, 6.45) is 3.30.